The Kier molecular flexibility index (Phi) is 9.15. The van der Waals surface area contributed by atoms with Gasteiger partial charge in [0.2, 0.25) is 0 Å². The van der Waals surface area contributed by atoms with Gasteiger partial charge in [-0.25, -0.2) is 5.43 Å². The number of nitrogens with zero attached hydrogens (tertiary/aromatic N) is 2. The van der Waals surface area contributed by atoms with Gasteiger partial charge in [-0.15, -0.1) is 0 Å². The van der Waals surface area contributed by atoms with Crippen LogP contribution >= 0.6 is 50.7 Å². The van der Waals surface area contributed by atoms with Crippen molar-refractivity contribution in [2.75, 3.05) is 0 Å². The smallest absolute Gasteiger partial charge is 0.271 e. The summed E-state index contributed by atoms with van der Waals surface area (Å²) in [5.74, 6) is 0.137. The number of ether oxygens (including phenoxy) is 1. The van der Waals surface area contributed by atoms with E-state index in [2.05, 4.69) is 62.2 Å². The van der Waals surface area contributed by atoms with E-state index in [1.807, 2.05) is 30.3 Å². The van der Waals surface area contributed by atoms with Crippen LogP contribution in [0, 0.1) is 6.92 Å². The number of benzene rings is 4. The highest BCUT2D eigenvalue weighted by Crippen LogP contribution is 2.35. The van der Waals surface area contributed by atoms with Crippen LogP contribution in [0.4, 0.5) is 0 Å². The number of aryl methyl sites for hydroxylation is 1. The normalized spacial score (nSPS) is 11.1. The summed E-state index contributed by atoms with van der Waals surface area (Å²) in [5, 5.41) is 5.54. The van der Waals surface area contributed by atoms with Gasteiger partial charge in [-0.3, -0.25) is 4.79 Å². The Hall–Kier alpha value is -3.55. The van der Waals surface area contributed by atoms with Gasteiger partial charge in [0.1, 0.15) is 6.61 Å². The van der Waals surface area contributed by atoms with Crippen molar-refractivity contribution in [2.45, 2.75) is 13.5 Å². The second-order valence-corrected chi connectivity index (χ2v) is 11.3. The average molecular weight is 668 g/mol. The van der Waals surface area contributed by atoms with E-state index in [4.69, 9.17) is 39.5 Å². The van der Waals surface area contributed by atoms with Gasteiger partial charge in [0.05, 0.1) is 21.4 Å². The number of rotatable bonds is 8. The first-order chi connectivity index (χ1) is 19.8. The van der Waals surface area contributed by atoms with Crippen molar-refractivity contribution >= 4 is 62.9 Å². The van der Waals surface area contributed by atoms with Gasteiger partial charge in [-0.2, -0.15) is 5.10 Å². The van der Waals surface area contributed by atoms with E-state index < -0.39 is 0 Å². The van der Waals surface area contributed by atoms with Crippen molar-refractivity contribution in [1.29, 1.82) is 0 Å². The number of hydrogen-bond acceptors (Lipinski definition) is 3. The quantitative estimate of drug-likeness (QED) is 0.132. The topological polar surface area (TPSA) is 55.6 Å². The lowest BCUT2D eigenvalue weighted by molar-refractivity contribution is 0.0955. The summed E-state index contributed by atoms with van der Waals surface area (Å²) in [5.41, 5.74) is 8.77. The molecule has 1 aromatic heterocycles. The van der Waals surface area contributed by atoms with Crippen molar-refractivity contribution < 1.29 is 9.53 Å². The first kappa shape index (κ1) is 29.0. The fraction of sp³-hybridized carbons (Fsp3) is 0.0625. The summed E-state index contributed by atoms with van der Waals surface area (Å²) in [6, 6.07) is 30.5. The van der Waals surface area contributed by atoms with E-state index in [1.54, 1.807) is 42.5 Å². The minimum atomic E-state index is -0.328. The largest absolute Gasteiger partial charge is 0.486 e. The molecule has 0 bridgehead atoms. The van der Waals surface area contributed by atoms with Gasteiger partial charge in [0, 0.05) is 32.6 Å². The summed E-state index contributed by atoms with van der Waals surface area (Å²) >= 11 is 22.1. The maximum Gasteiger partial charge on any atom is 0.271 e. The van der Waals surface area contributed by atoms with Crippen LogP contribution in [0.5, 0.6) is 5.75 Å². The van der Waals surface area contributed by atoms with E-state index in [0.29, 0.717) is 36.4 Å². The summed E-state index contributed by atoms with van der Waals surface area (Å²) in [6.45, 7) is 2.27. The molecule has 4 aromatic carbocycles. The molecule has 5 nitrogen and oxygen atoms in total. The molecule has 0 radical (unpaired) electrons. The molecule has 5 rings (SSSR count). The predicted octanol–water partition coefficient (Wildman–Crippen LogP) is 9.52. The van der Waals surface area contributed by atoms with Crippen LogP contribution < -0.4 is 10.2 Å². The minimum Gasteiger partial charge on any atom is -0.486 e. The van der Waals surface area contributed by atoms with Crippen molar-refractivity contribution in [3.63, 3.8) is 0 Å². The Balaban J connectivity index is 1.23. The molecule has 0 aliphatic heterocycles. The zero-order valence-electron chi connectivity index (χ0n) is 21.7. The van der Waals surface area contributed by atoms with E-state index in [9.17, 15) is 4.79 Å². The molecule has 206 valence electrons. The third-order valence-electron chi connectivity index (χ3n) is 6.32. The predicted molar refractivity (Wildman–Crippen MR) is 171 cm³/mol. The first-order valence-corrected chi connectivity index (χ1v) is 14.5. The Labute approximate surface area is 261 Å². The maximum atomic E-state index is 12.7. The Morgan fingerprint density at radius 2 is 1.68 bits per heavy atom. The van der Waals surface area contributed by atoms with Gasteiger partial charge < -0.3 is 9.30 Å². The lowest BCUT2D eigenvalue weighted by Crippen LogP contribution is -2.17. The zero-order chi connectivity index (χ0) is 28.9. The zero-order valence-corrected chi connectivity index (χ0v) is 25.6. The highest BCUT2D eigenvalue weighted by atomic mass is 79.9. The highest BCUT2D eigenvalue weighted by Gasteiger charge is 2.13. The number of aromatic nitrogens is 1. The molecule has 0 aliphatic carbocycles. The maximum absolute atomic E-state index is 12.7. The van der Waals surface area contributed by atoms with Gasteiger partial charge in [-0.1, -0.05) is 71.2 Å². The summed E-state index contributed by atoms with van der Waals surface area (Å²) < 4.78 is 8.68. The number of halogens is 4. The van der Waals surface area contributed by atoms with Gasteiger partial charge in [-0.05, 0) is 94.6 Å². The Bertz CT molecular complexity index is 1710. The molecule has 41 heavy (non-hydrogen) atoms. The fourth-order valence-electron chi connectivity index (χ4n) is 4.29. The molecule has 0 saturated heterocycles. The standard InChI is InChI=1S/C32H23BrCl3N3O2/c1-20-7-14-30(22-5-3-2-4-6-22)39(20)26-12-9-23(10-13-26)32(40)38-37-18-21-15-27(33)31(29(36)16-21)41-19-24-8-11-25(34)17-28(24)35/h2-18H,19H2,1H3,(H,38,40)/b37-18+. The SMILES string of the molecule is Cc1ccc(-c2ccccc2)n1-c1ccc(C(=O)N/N=C/c2cc(Cl)c(OCc3ccc(Cl)cc3Cl)c(Br)c2)cc1. The second kappa shape index (κ2) is 13.0. The molecule has 0 unspecified atom stereocenters. The molecular weight excluding hydrogens is 645 g/mol. The third kappa shape index (κ3) is 6.85. The average Bonchev–Trinajstić information content (AvgIpc) is 3.35. The first-order valence-electron chi connectivity index (χ1n) is 12.5. The summed E-state index contributed by atoms with van der Waals surface area (Å²) in [6.07, 6.45) is 1.51. The molecule has 5 aromatic rings. The Morgan fingerprint density at radius 3 is 2.39 bits per heavy atom. The van der Waals surface area contributed by atoms with Crippen molar-refractivity contribution in [3.8, 4) is 22.7 Å². The molecule has 1 amide bonds. The molecule has 1 N–H and O–H groups in total. The summed E-state index contributed by atoms with van der Waals surface area (Å²) in [4.78, 5) is 12.7. The number of hydrogen-bond donors (Lipinski definition) is 1. The van der Waals surface area contributed by atoms with E-state index in [1.165, 1.54) is 6.21 Å². The molecule has 0 saturated carbocycles. The Morgan fingerprint density at radius 1 is 0.927 bits per heavy atom. The minimum absolute atomic E-state index is 0.216. The van der Waals surface area contributed by atoms with Crippen LogP contribution in [0.1, 0.15) is 27.2 Å². The van der Waals surface area contributed by atoms with Crippen LogP contribution in [-0.2, 0) is 6.61 Å². The highest BCUT2D eigenvalue weighted by molar-refractivity contribution is 9.10. The van der Waals surface area contributed by atoms with Gasteiger partial charge in [0.25, 0.3) is 5.91 Å². The van der Waals surface area contributed by atoms with Crippen LogP contribution in [0.15, 0.2) is 107 Å². The third-order valence-corrected chi connectivity index (χ3v) is 7.78. The monoisotopic (exact) mass is 665 g/mol. The van der Waals surface area contributed by atoms with Crippen LogP contribution in [0.3, 0.4) is 0 Å². The van der Waals surface area contributed by atoms with Crippen LogP contribution in [-0.4, -0.2) is 16.7 Å². The van der Waals surface area contributed by atoms with E-state index in [0.717, 1.165) is 28.2 Å². The number of amides is 1. The molecule has 0 aliphatic rings. The molecule has 0 fully saturated rings. The van der Waals surface area contributed by atoms with Crippen molar-refractivity contribution in [3.05, 3.63) is 139 Å². The number of carbonyl (C=O) groups is 1. The molecular formula is C32H23BrCl3N3O2. The van der Waals surface area contributed by atoms with Crippen LogP contribution in [0.2, 0.25) is 15.1 Å². The molecule has 9 heteroatoms. The molecule has 1 heterocycles. The number of nitrogens with one attached hydrogen (secondary N) is 1. The van der Waals surface area contributed by atoms with E-state index >= 15 is 0 Å². The lowest BCUT2D eigenvalue weighted by Gasteiger charge is -2.13. The fourth-order valence-corrected chi connectivity index (χ4v) is 5.74. The number of carbonyl (C=O) groups excluding carboxylic acids is 1. The van der Waals surface area contributed by atoms with Crippen LogP contribution in [0.25, 0.3) is 16.9 Å². The molecule has 0 atom stereocenters. The van der Waals surface area contributed by atoms with Gasteiger partial charge in [0.15, 0.2) is 5.75 Å². The van der Waals surface area contributed by atoms with E-state index in [-0.39, 0.29) is 12.5 Å². The van der Waals surface area contributed by atoms with Crippen molar-refractivity contribution in [2.24, 2.45) is 5.10 Å². The summed E-state index contributed by atoms with van der Waals surface area (Å²) in [7, 11) is 0. The number of hydrazone groups is 1. The van der Waals surface area contributed by atoms with Crippen molar-refractivity contribution in [1.82, 2.24) is 9.99 Å². The second-order valence-electron chi connectivity index (χ2n) is 9.15. The molecule has 0 spiro atoms. The lowest BCUT2D eigenvalue weighted by atomic mass is 10.1. The van der Waals surface area contributed by atoms with Gasteiger partial charge >= 0.3 is 0 Å².